The molecular weight excluding hydrogens is 220 g/mol. The van der Waals surface area contributed by atoms with Crippen molar-refractivity contribution in [3.8, 4) is 0 Å². The van der Waals surface area contributed by atoms with Crippen LogP contribution in [0.3, 0.4) is 0 Å². The van der Waals surface area contributed by atoms with Crippen LogP contribution in [-0.2, 0) is 0 Å². The van der Waals surface area contributed by atoms with E-state index in [1.807, 2.05) is 24.3 Å². The van der Waals surface area contributed by atoms with Gasteiger partial charge in [-0.25, -0.2) is 5.84 Å². The number of hydrogen-bond acceptors (Lipinski definition) is 3. The number of nitrogens with one attached hydrogen (secondary N) is 1. The van der Waals surface area contributed by atoms with E-state index >= 15 is 0 Å². The minimum Gasteiger partial charge on any atom is -0.321 e. The summed E-state index contributed by atoms with van der Waals surface area (Å²) in [4.78, 5) is 0. The number of halogens is 1. The molecule has 0 spiro atoms. The first-order valence-electron chi connectivity index (χ1n) is 3.28. The lowest BCUT2D eigenvalue weighted by Crippen LogP contribution is -2.31. The molecule has 0 aliphatic heterocycles. The van der Waals surface area contributed by atoms with Gasteiger partial charge in [-0.05, 0) is 12.1 Å². The summed E-state index contributed by atoms with van der Waals surface area (Å²) >= 11 is 3.32. The first-order chi connectivity index (χ1) is 5.77. The third-order valence-corrected chi connectivity index (χ3v) is 1.86. The summed E-state index contributed by atoms with van der Waals surface area (Å²) in [7, 11) is 0. The summed E-state index contributed by atoms with van der Waals surface area (Å²) in [6, 6.07) is 7.51. The molecule has 0 saturated carbocycles. The topological polar surface area (TPSA) is 76.4 Å². The first-order valence-corrected chi connectivity index (χ1v) is 4.07. The van der Waals surface area contributed by atoms with Gasteiger partial charge in [0.15, 0.2) is 5.84 Å². The Hall–Kier alpha value is -1.07. The summed E-state index contributed by atoms with van der Waals surface area (Å²) in [5.41, 5.74) is 3.24. The van der Waals surface area contributed by atoms with Gasteiger partial charge in [0.2, 0.25) is 0 Å². The molecule has 5 heteroatoms. The maximum absolute atomic E-state index is 5.19. The number of nitrogens with zero attached hydrogens (tertiary/aromatic N) is 1. The zero-order valence-electron chi connectivity index (χ0n) is 6.29. The van der Waals surface area contributed by atoms with Crippen molar-refractivity contribution < 1.29 is 0 Å². The van der Waals surface area contributed by atoms with Crippen LogP contribution in [0.5, 0.6) is 0 Å². The first kappa shape index (κ1) is 9.02. The van der Waals surface area contributed by atoms with E-state index < -0.39 is 0 Å². The molecule has 1 rings (SSSR count). The van der Waals surface area contributed by atoms with E-state index in [9.17, 15) is 0 Å². The standard InChI is InChI=1S/C7H9BrN4/c8-6-3-1-2-5(4-6)7(11-9)12-10/h1-4H,9-10H2,(H,11,12). The van der Waals surface area contributed by atoms with Gasteiger partial charge < -0.3 is 11.3 Å². The van der Waals surface area contributed by atoms with Crippen molar-refractivity contribution in [3.05, 3.63) is 34.3 Å². The monoisotopic (exact) mass is 228 g/mol. The summed E-state index contributed by atoms with van der Waals surface area (Å²) < 4.78 is 0.955. The van der Waals surface area contributed by atoms with E-state index in [1.165, 1.54) is 0 Å². The molecule has 12 heavy (non-hydrogen) atoms. The molecule has 5 N–H and O–H groups in total. The molecular formula is C7H9BrN4. The molecule has 0 aliphatic carbocycles. The van der Waals surface area contributed by atoms with Crippen LogP contribution < -0.4 is 17.1 Å². The van der Waals surface area contributed by atoms with Gasteiger partial charge in [0.05, 0.1) is 0 Å². The molecule has 0 heterocycles. The third-order valence-electron chi connectivity index (χ3n) is 1.36. The lowest BCUT2D eigenvalue weighted by molar-refractivity contribution is 1.00. The van der Waals surface area contributed by atoms with Crippen LogP contribution in [0.15, 0.2) is 33.8 Å². The van der Waals surface area contributed by atoms with Gasteiger partial charge in [0, 0.05) is 10.0 Å². The van der Waals surface area contributed by atoms with Crippen LogP contribution in [0.1, 0.15) is 5.56 Å². The van der Waals surface area contributed by atoms with E-state index in [2.05, 4.69) is 26.5 Å². The quantitative estimate of drug-likeness (QED) is 0.284. The second-order valence-electron chi connectivity index (χ2n) is 2.13. The average Bonchev–Trinajstić information content (AvgIpc) is 2.07. The Balaban J connectivity index is 3.02. The van der Waals surface area contributed by atoms with Crippen molar-refractivity contribution in [2.24, 2.45) is 16.8 Å². The van der Waals surface area contributed by atoms with Gasteiger partial charge in [0.25, 0.3) is 0 Å². The molecule has 1 aromatic carbocycles. The molecule has 1 aromatic rings. The van der Waals surface area contributed by atoms with E-state index in [4.69, 9.17) is 11.7 Å². The van der Waals surface area contributed by atoms with E-state index in [-0.39, 0.29) is 0 Å². The largest absolute Gasteiger partial charge is 0.321 e. The third kappa shape index (κ3) is 1.96. The highest BCUT2D eigenvalue weighted by atomic mass is 79.9. The molecule has 0 bridgehead atoms. The zero-order valence-corrected chi connectivity index (χ0v) is 7.88. The number of rotatable bonds is 1. The Bertz CT molecular complexity index is 297. The van der Waals surface area contributed by atoms with Crippen molar-refractivity contribution in [1.29, 1.82) is 0 Å². The lowest BCUT2D eigenvalue weighted by Gasteiger charge is -2.03. The molecule has 64 valence electrons. The summed E-state index contributed by atoms with van der Waals surface area (Å²) in [5, 5.41) is 3.48. The van der Waals surface area contributed by atoms with E-state index in [0.717, 1.165) is 10.0 Å². The SMILES string of the molecule is N/N=C(\NN)c1cccc(Br)c1. The summed E-state index contributed by atoms with van der Waals surface area (Å²) in [6.07, 6.45) is 0. The lowest BCUT2D eigenvalue weighted by atomic mass is 10.2. The van der Waals surface area contributed by atoms with E-state index in [1.54, 1.807) is 0 Å². The van der Waals surface area contributed by atoms with Crippen LogP contribution >= 0.6 is 15.9 Å². The van der Waals surface area contributed by atoms with Crippen LogP contribution in [0.25, 0.3) is 0 Å². The minimum atomic E-state index is 0.455. The highest BCUT2D eigenvalue weighted by Gasteiger charge is 1.99. The Morgan fingerprint density at radius 1 is 1.50 bits per heavy atom. The molecule has 0 radical (unpaired) electrons. The number of hydrazone groups is 1. The fourth-order valence-electron chi connectivity index (χ4n) is 0.831. The highest BCUT2D eigenvalue weighted by Crippen LogP contribution is 2.11. The maximum atomic E-state index is 5.19. The molecule has 0 amide bonds. The van der Waals surface area contributed by atoms with Gasteiger partial charge in [-0.1, -0.05) is 28.1 Å². The fourth-order valence-corrected chi connectivity index (χ4v) is 1.23. The predicted octanol–water partition coefficient (Wildman–Crippen LogP) is 0.533. The summed E-state index contributed by atoms with van der Waals surface area (Å²) in [5.74, 6) is 10.7. The average molecular weight is 229 g/mol. The van der Waals surface area contributed by atoms with Crippen molar-refractivity contribution in [2.75, 3.05) is 0 Å². The number of nitrogens with two attached hydrogens (primary N) is 2. The summed E-state index contributed by atoms with van der Waals surface area (Å²) in [6.45, 7) is 0. The highest BCUT2D eigenvalue weighted by molar-refractivity contribution is 9.10. The molecule has 0 aromatic heterocycles. The Labute approximate surface area is 78.7 Å². The van der Waals surface area contributed by atoms with Crippen molar-refractivity contribution in [3.63, 3.8) is 0 Å². The second-order valence-corrected chi connectivity index (χ2v) is 3.05. The van der Waals surface area contributed by atoms with Gasteiger partial charge >= 0.3 is 0 Å². The molecule has 0 saturated heterocycles. The van der Waals surface area contributed by atoms with Crippen LogP contribution in [-0.4, -0.2) is 5.84 Å². The number of amidine groups is 1. The number of hydrazine groups is 1. The number of benzene rings is 1. The van der Waals surface area contributed by atoms with Crippen LogP contribution in [0, 0.1) is 0 Å². The molecule has 0 unspecified atom stereocenters. The van der Waals surface area contributed by atoms with E-state index in [0.29, 0.717) is 5.84 Å². The Kier molecular flexibility index (Phi) is 3.07. The predicted molar refractivity (Wildman–Crippen MR) is 52.2 cm³/mol. The van der Waals surface area contributed by atoms with Gasteiger partial charge in [-0.2, -0.15) is 5.10 Å². The van der Waals surface area contributed by atoms with Gasteiger partial charge in [0.1, 0.15) is 0 Å². The van der Waals surface area contributed by atoms with Gasteiger partial charge in [-0.3, -0.25) is 0 Å². The fraction of sp³-hybridized carbons (Fsp3) is 0. The molecule has 0 aliphatic rings. The molecule has 0 fully saturated rings. The van der Waals surface area contributed by atoms with Gasteiger partial charge in [-0.15, -0.1) is 0 Å². The van der Waals surface area contributed by atoms with Crippen LogP contribution in [0.4, 0.5) is 0 Å². The Morgan fingerprint density at radius 2 is 2.25 bits per heavy atom. The van der Waals surface area contributed by atoms with Crippen molar-refractivity contribution in [2.45, 2.75) is 0 Å². The smallest absolute Gasteiger partial charge is 0.166 e. The van der Waals surface area contributed by atoms with Crippen molar-refractivity contribution >= 4 is 21.8 Å². The molecule has 4 nitrogen and oxygen atoms in total. The maximum Gasteiger partial charge on any atom is 0.166 e. The second kappa shape index (κ2) is 4.08. The van der Waals surface area contributed by atoms with Crippen LogP contribution in [0.2, 0.25) is 0 Å². The molecule has 0 atom stereocenters. The normalized spacial score (nSPS) is 11.3. The van der Waals surface area contributed by atoms with Crippen molar-refractivity contribution in [1.82, 2.24) is 5.43 Å². The minimum absolute atomic E-state index is 0.455. The number of hydrogen-bond donors (Lipinski definition) is 3. The Morgan fingerprint density at radius 3 is 2.75 bits per heavy atom. The zero-order chi connectivity index (χ0) is 8.97.